The molecule has 0 spiro atoms. The summed E-state index contributed by atoms with van der Waals surface area (Å²) in [6.07, 6.45) is -0.111. The van der Waals surface area contributed by atoms with E-state index in [4.69, 9.17) is 9.47 Å². The van der Waals surface area contributed by atoms with Crippen LogP contribution in [-0.4, -0.2) is 36.8 Å². The van der Waals surface area contributed by atoms with Gasteiger partial charge in [-0.3, -0.25) is 0 Å². The molecule has 1 aliphatic heterocycles. The fourth-order valence-corrected chi connectivity index (χ4v) is 4.27. The van der Waals surface area contributed by atoms with Crippen molar-refractivity contribution < 1.29 is 14.3 Å². The second-order valence-electron chi connectivity index (χ2n) is 6.78. The first kappa shape index (κ1) is 17.0. The highest BCUT2D eigenvalue weighted by Gasteiger charge is 2.32. The maximum atomic E-state index is 12.1. The van der Waals surface area contributed by atoms with Crippen LogP contribution < -0.4 is 9.64 Å². The minimum Gasteiger partial charge on any atom is -0.482 e. The first-order valence-electron chi connectivity index (χ1n) is 9.16. The number of benzene rings is 3. The number of para-hydroxylation sites is 1. The lowest BCUT2D eigenvalue weighted by Gasteiger charge is -2.38. The Labute approximate surface area is 166 Å². The highest BCUT2D eigenvalue weighted by atomic mass is 32.1. The standard InChI is InChI=1S/C22H18N2O3S/c25-21(14-26-17-10-9-15-5-1-2-6-16(15)11-17)27-18-12-24(13-18)22-23-19-7-3-4-8-20(19)28-22/h1-11,18H,12-14H2. The third-order valence-electron chi connectivity index (χ3n) is 4.78. The Kier molecular flexibility index (Phi) is 4.33. The van der Waals surface area contributed by atoms with Gasteiger partial charge < -0.3 is 14.4 Å². The molecule has 2 heterocycles. The second kappa shape index (κ2) is 7.13. The monoisotopic (exact) mass is 390 g/mol. The van der Waals surface area contributed by atoms with Crippen molar-refractivity contribution in [3.05, 3.63) is 66.7 Å². The third-order valence-corrected chi connectivity index (χ3v) is 5.87. The van der Waals surface area contributed by atoms with Crippen molar-refractivity contribution >= 4 is 43.4 Å². The van der Waals surface area contributed by atoms with Crippen molar-refractivity contribution in [2.45, 2.75) is 6.10 Å². The molecule has 3 aromatic carbocycles. The molecule has 1 aliphatic rings. The second-order valence-corrected chi connectivity index (χ2v) is 7.79. The number of rotatable bonds is 5. The zero-order valence-corrected chi connectivity index (χ0v) is 15.9. The number of anilines is 1. The Morgan fingerprint density at radius 1 is 1.04 bits per heavy atom. The van der Waals surface area contributed by atoms with E-state index in [1.54, 1.807) is 11.3 Å². The first-order valence-corrected chi connectivity index (χ1v) is 9.98. The van der Waals surface area contributed by atoms with Crippen LogP contribution in [0.2, 0.25) is 0 Å². The first-order chi connectivity index (χ1) is 13.7. The van der Waals surface area contributed by atoms with Crippen LogP contribution in [0, 0.1) is 0 Å². The van der Waals surface area contributed by atoms with E-state index in [1.807, 2.05) is 60.7 Å². The molecule has 0 saturated carbocycles. The summed E-state index contributed by atoms with van der Waals surface area (Å²) in [6, 6.07) is 21.9. The number of fused-ring (bicyclic) bond motifs is 2. The molecule has 4 aromatic rings. The predicted octanol–water partition coefficient (Wildman–Crippen LogP) is 4.26. The summed E-state index contributed by atoms with van der Waals surface area (Å²) in [7, 11) is 0. The number of esters is 1. The number of carbonyl (C=O) groups excluding carboxylic acids is 1. The molecule has 5 nitrogen and oxygen atoms in total. The number of thiazole rings is 1. The SMILES string of the molecule is O=C(COc1ccc2ccccc2c1)OC1CN(c2nc3ccccc3s2)C1. The van der Waals surface area contributed by atoms with Gasteiger partial charge in [0.1, 0.15) is 11.9 Å². The average Bonchev–Trinajstić information content (AvgIpc) is 3.12. The highest BCUT2D eigenvalue weighted by molar-refractivity contribution is 7.22. The Morgan fingerprint density at radius 2 is 1.82 bits per heavy atom. The fourth-order valence-electron chi connectivity index (χ4n) is 3.28. The Balaban J connectivity index is 1.12. The van der Waals surface area contributed by atoms with E-state index in [0.717, 1.165) is 21.4 Å². The number of hydrogen-bond acceptors (Lipinski definition) is 6. The van der Waals surface area contributed by atoms with Crippen molar-refractivity contribution in [2.75, 3.05) is 24.6 Å². The number of hydrogen-bond donors (Lipinski definition) is 0. The van der Waals surface area contributed by atoms with Crippen molar-refractivity contribution in [3.63, 3.8) is 0 Å². The zero-order valence-electron chi connectivity index (χ0n) is 15.1. The molecule has 0 atom stereocenters. The molecule has 0 bridgehead atoms. The fraction of sp³-hybridized carbons (Fsp3) is 0.182. The van der Waals surface area contributed by atoms with Crippen LogP contribution in [0.5, 0.6) is 5.75 Å². The lowest BCUT2D eigenvalue weighted by Crippen LogP contribution is -2.53. The molecule has 1 fully saturated rings. The molecule has 1 saturated heterocycles. The van der Waals surface area contributed by atoms with E-state index in [2.05, 4.69) is 16.0 Å². The summed E-state index contributed by atoms with van der Waals surface area (Å²) in [6.45, 7) is 1.25. The van der Waals surface area contributed by atoms with E-state index < -0.39 is 0 Å². The maximum Gasteiger partial charge on any atom is 0.344 e. The van der Waals surface area contributed by atoms with E-state index in [1.165, 1.54) is 4.70 Å². The van der Waals surface area contributed by atoms with Crippen LogP contribution in [0.4, 0.5) is 5.13 Å². The van der Waals surface area contributed by atoms with Crippen molar-refractivity contribution in [1.29, 1.82) is 0 Å². The summed E-state index contributed by atoms with van der Waals surface area (Å²) in [5.74, 6) is 0.322. The van der Waals surface area contributed by atoms with Crippen LogP contribution in [0.1, 0.15) is 0 Å². The van der Waals surface area contributed by atoms with E-state index in [-0.39, 0.29) is 18.7 Å². The summed E-state index contributed by atoms with van der Waals surface area (Å²) in [4.78, 5) is 18.8. The van der Waals surface area contributed by atoms with E-state index in [0.29, 0.717) is 18.8 Å². The third kappa shape index (κ3) is 3.39. The Bertz CT molecular complexity index is 1120. The van der Waals surface area contributed by atoms with Gasteiger partial charge in [-0.1, -0.05) is 53.8 Å². The van der Waals surface area contributed by atoms with Gasteiger partial charge in [0, 0.05) is 0 Å². The normalized spacial score (nSPS) is 14.2. The Morgan fingerprint density at radius 3 is 2.68 bits per heavy atom. The van der Waals surface area contributed by atoms with Crippen molar-refractivity contribution in [1.82, 2.24) is 4.98 Å². The van der Waals surface area contributed by atoms with Crippen LogP contribution in [0.25, 0.3) is 21.0 Å². The van der Waals surface area contributed by atoms with Gasteiger partial charge in [0.2, 0.25) is 0 Å². The molecule has 1 aromatic heterocycles. The number of ether oxygens (including phenoxy) is 2. The average molecular weight is 390 g/mol. The van der Waals surface area contributed by atoms with Crippen molar-refractivity contribution in [3.8, 4) is 5.75 Å². The lowest BCUT2D eigenvalue weighted by molar-refractivity contribution is -0.152. The van der Waals surface area contributed by atoms with Gasteiger partial charge in [-0.15, -0.1) is 0 Å². The van der Waals surface area contributed by atoms with Crippen LogP contribution in [-0.2, 0) is 9.53 Å². The minimum atomic E-state index is -0.345. The van der Waals surface area contributed by atoms with E-state index in [9.17, 15) is 4.79 Å². The molecule has 0 aliphatic carbocycles. The largest absolute Gasteiger partial charge is 0.482 e. The molecule has 6 heteroatoms. The molecular formula is C22H18N2O3S. The summed E-state index contributed by atoms with van der Waals surface area (Å²) in [5, 5.41) is 3.20. The van der Waals surface area contributed by atoms with Gasteiger partial charge in [-0.2, -0.15) is 0 Å². The Hall–Kier alpha value is -3.12. The quantitative estimate of drug-likeness (QED) is 0.477. The van der Waals surface area contributed by atoms with Gasteiger partial charge in [-0.25, -0.2) is 9.78 Å². The number of aromatic nitrogens is 1. The van der Waals surface area contributed by atoms with Gasteiger partial charge >= 0.3 is 5.97 Å². The topological polar surface area (TPSA) is 51.7 Å². The molecule has 0 N–H and O–H groups in total. The molecule has 5 rings (SSSR count). The van der Waals surface area contributed by atoms with Gasteiger partial charge in [0.25, 0.3) is 0 Å². The summed E-state index contributed by atoms with van der Waals surface area (Å²) < 4.78 is 12.3. The van der Waals surface area contributed by atoms with Crippen molar-refractivity contribution in [2.24, 2.45) is 0 Å². The molecule has 140 valence electrons. The maximum absolute atomic E-state index is 12.1. The number of carbonyl (C=O) groups is 1. The number of nitrogens with zero attached hydrogens (tertiary/aromatic N) is 2. The molecule has 0 radical (unpaired) electrons. The molecule has 28 heavy (non-hydrogen) atoms. The highest BCUT2D eigenvalue weighted by Crippen LogP contribution is 2.31. The lowest BCUT2D eigenvalue weighted by atomic mass is 10.1. The van der Waals surface area contributed by atoms with Gasteiger partial charge in [-0.05, 0) is 35.0 Å². The molecule has 0 amide bonds. The minimum absolute atomic E-state index is 0.0873. The van der Waals surface area contributed by atoms with E-state index >= 15 is 0 Å². The predicted molar refractivity (Wildman–Crippen MR) is 111 cm³/mol. The smallest absolute Gasteiger partial charge is 0.344 e. The van der Waals surface area contributed by atoms with Crippen LogP contribution in [0.15, 0.2) is 66.7 Å². The zero-order chi connectivity index (χ0) is 18.9. The van der Waals surface area contributed by atoms with Gasteiger partial charge in [0.15, 0.2) is 11.7 Å². The summed E-state index contributed by atoms with van der Waals surface area (Å²) in [5.41, 5.74) is 1.01. The van der Waals surface area contributed by atoms with Crippen LogP contribution in [0.3, 0.4) is 0 Å². The molecular weight excluding hydrogens is 372 g/mol. The molecule has 0 unspecified atom stereocenters. The van der Waals surface area contributed by atoms with Gasteiger partial charge in [0.05, 0.1) is 23.3 Å². The summed E-state index contributed by atoms with van der Waals surface area (Å²) >= 11 is 1.66. The van der Waals surface area contributed by atoms with Crippen LogP contribution >= 0.6 is 11.3 Å².